The van der Waals surface area contributed by atoms with Gasteiger partial charge in [0.25, 0.3) is 0 Å². The van der Waals surface area contributed by atoms with Gasteiger partial charge in [-0.15, -0.1) is 0 Å². The highest BCUT2D eigenvalue weighted by atomic mass is 16.3. The zero-order valence-electron chi connectivity index (χ0n) is 9.45. The number of aliphatic hydroxyl groups is 1. The highest BCUT2D eigenvalue weighted by molar-refractivity contribution is 5.14. The van der Waals surface area contributed by atoms with E-state index in [-0.39, 0.29) is 6.10 Å². The van der Waals surface area contributed by atoms with Crippen molar-refractivity contribution < 1.29 is 5.11 Å². The third-order valence-corrected chi connectivity index (χ3v) is 3.44. The van der Waals surface area contributed by atoms with Crippen LogP contribution < -0.4 is 0 Å². The standard InChI is InChI=1S/C14H20O/c1-14(9-10-14)11-13(15)8-7-12-5-3-2-4-6-12/h2-6,13,15H,7-11H2,1H3. The second-order valence-corrected chi connectivity index (χ2v) is 5.19. The van der Waals surface area contributed by atoms with Crippen LogP contribution in [0.5, 0.6) is 0 Å². The Morgan fingerprint density at radius 1 is 1.27 bits per heavy atom. The fourth-order valence-corrected chi connectivity index (χ4v) is 2.07. The first kappa shape index (κ1) is 10.7. The van der Waals surface area contributed by atoms with Gasteiger partial charge in [-0.05, 0) is 43.1 Å². The van der Waals surface area contributed by atoms with Crippen molar-refractivity contribution in [3.8, 4) is 0 Å². The zero-order valence-corrected chi connectivity index (χ0v) is 9.45. The van der Waals surface area contributed by atoms with Crippen molar-refractivity contribution in [2.75, 3.05) is 0 Å². The SMILES string of the molecule is CC1(CC(O)CCc2ccccc2)CC1. The van der Waals surface area contributed by atoms with Gasteiger partial charge in [-0.25, -0.2) is 0 Å². The minimum absolute atomic E-state index is 0.113. The van der Waals surface area contributed by atoms with Crippen molar-refractivity contribution in [3.63, 3.8) is 0 Å². The molecular formula is C14H20O. The summed E-state index contributed by atoms with van der Waals surface area (Å²) >= 11 is 0. The van der Waals surface area contributed by atoms with Crippen LogP contribution in [0.3, 0.4) is 0 Å². The van der Waals surface area contributed by atoms with E-state index in [0.717, 1.165) is 19.3 Å². The van der Waals surface area contributed by atoms with Gasteiger partial charge in [-0.3, -0.25) is 0 Å². The topological polar surface area (TPSA) is 20.2 Å². The average Bonchev–Trinajstić information content (AvgIpc) is 2.95. The molecule has 0 radical (unpaired) electrons. The maximum atomic E-state index is 9.89. The van der Waals surface area contributed by atoms with E-state index in [1.165, 1.54) is 18.4 Å². The Hall–Kier alpha value is -0.820. The number of aliphatic hydroxyl groups excluding tert-OH is 1. The normalized spacial score (nSPS) is 19.9. The molecule has 0 spiro atoms. The number of benzene rings is 1. The number of rotatable bonds is 5. The monoisotopic (exact) mass is 204 g/mol. The molecule has 1 atom stereocenters. The molecule has 0 bridgehead atoms. The summed E-state index contributed by atoms with van der Waals surface area (Å²) < 4.78 is 0. The molecule has 0 saturated heterocycles. The summed E-state index contributed by atoms with van der Waals surface area (Å²) in [6, 6.07) is 10.4. The van der Waals surface area contributed by atoms with Crippen molar-refractivity contribution in [1.82, 2.24) is 0 Å². The van der Waals surface area contributed by atoms with Crippen LogP contribution in [0.2, 0.25) is 0 Å². The van der Waals surface area contributed by atoms with E-state index in [0.29, 0.717) is 5.41 Å². The van der Waals surface area contributed by atoms with E-state index in [1.54, 1.807) is 0 Å². The van der Waals surface area contributed by atoms with Gasteiger partial charge >= 0.3 is 0 Å². The van der Waals surface area contributed by atoms with Crippen LogP contribution in [0.4, 0.5) is 0 Å². The first-order valence-corrected chi connectivity index (χ1v) is 5.90. The van der Waals surface area contributed by atoms with Gasteiger partial charge in [0, 0.05) is 0 Å². The van der Waals surface area contributed by atoms with Crippen molar-refractivity contribution >= 4 is 0 Å². The molecule has 1 saturated carbocycles. The van der Waals surface area contributed by atoms with E-state index in [1.807, 2.05) is 6.07 Å². The van der Waals surface area contributed by atoms with Crippen molar-refractivity contribution in [3.05, 3.63) is 35.9 Å². The first-order valence-electron chi connectivity index (χ1n) is 5.90. The molecule has 1 fully saturated rings. The second-order valence-electron chi connectivity index (χ2n) is 5.19. The van der Waals surface area contributed by atoms with Gasteiger partial charge in [-0.1, -0.05) is 37.3 Å². The van der Waals surface area contributed by atoms with Crippen LogP contribution in [-0.2, 0) is 6.42 Å². The van der Waals surface area contributed by atoms with Crippen LogP contribution in [0.25, 0.3) is 0 Å². The first-order chi connectivity index (χ1) is 7.18. The highest BCUT2D eigenvalue weighted by Gasteiger charge is 2.38. The fourth-order valence-electron chi connectivity index (χ4n) is 2.07. The smallest absolute Gasteiger partial charge is 0.0548 e. The summed E-state index contributed by atoms with van der Waals surface area (Å²) in [6.45, 7) is 2.28. The molecule has 0 aliphatic heterocycles. The zero-order chi connectivity index (χ0) is 10.7. The van der Waals surface area contributed by atoms with Gasteiger partial charge in [0.05, 0.1) is 6.10 Å². The maximum Gasteiger partial charge on any atom is 0.0548 e. The Morgan fingerprint density at radius 3 is 2.53 bits per heavy atom. The lowest BCUT2D eigenvalue weighted by Gasteiger charge is -2.14. The fraction of sp³-hybridized carbons (Fsp3) is 0.571. The van der Waals surface area contributed by atoms with E-state index >= 15 is 0 Å². The summed E-state index contributed by atoms with van der Waals surface area (Å²) in [5, 5.41) is 9.89. The predicted octanol–water partition coefficient (Wildman–Crippen LogP) is 3.17. The van der Waals surface area contributed by atoms with E-state index in [9.17, 15) is 5.11 Å². The molecule has 1 aliphatic carbocycles. The average molecular weight is 204 g/mol. The Labute approximate surface area is 92.1 Å². The molecule has 1 unspecified atom stereocenters. The molecule has 0 heterocycles. The molecular weight excluding hydrogens is 184 g/mol. The molecule has 0 aromatic heterocycles. The van der Waals surface area contributed by atoms with E-state index < -0.39 is 0 Å². The van der Waals surface area contributed by atoms with Crippen LogP contribution in [0.1, 0.15) is 38.2 Å². The molecule has 0 amide bonds. The molecule has 1 nitrogen and oxygen atoms in total. The van der Waals surface area contributed by atoms with E-state index in [2.05, 4.69) is 31.2 Å². The lowest BCUT2D eigenvalue weighted by molar-refractivity contribution is 0.131. The lowest BCUT2D eigenvalue weighted by Crippen LogP contribution is -2.13. The Kier molecular flexibility index (Phi) is 3.11. The highest BCUT2D eigenvalue weighted by Crippen LogP contribution is 2.49. The van der Waals surface area contributed by atoms with Crippen molar-refractivity contribution in [1.29, 1.82) is 0 Å². The number of aryl methyl sites for hydroxylation is 1. The van der Waals surface area contributed by atoms with Crippen molar-refractivity contribution in [2.45, 2.75) is 45.1 Å². The Morgan fingerprint density at radius 2 is 1.93 bits per heavy atom. The second kappa shape index (κ2) is 4.36. The third kappa shape index (κ3) is 3.35. The molecule has 1 N–H and O–H groups in total. The van der Waals surface area contributed by atoms with Crippen LogP contribution in [0.15, 0.2) is 30.3 Å². The number of hydrogen-bond acceptors (Lipinski definition) is 1. The minimum atomic E-state index is -0.113. The Balaban J connectivity index is 1.73. The molecule has 82 valence electrons. The van der Waals surface area contributed by atoms with Gasteiger partial charge in [0.2, 0.25) is 0 Å². The van der Waals surface area contributed by atoms with Gasteiger partial charge in [-0.2, -0.15) is 0 Å². The lowest BCUT2D eigenvalue weighted by atomic mass is 9.96. The summed E-state index contributed by atoms with van der Waals surface area (Å²) in [4.78, 5) is 0. The summed E-state index contributed by atoms with van der Waals surface area (Å²) in [7, 11) is 0. The van der Waals surface area contributed by atoms with Crippen LogP contribution in [-0.4, -0.2) is 11.2 Å². The van der Waals surface area contributed by atoms with E-state index in [4.69, 9.17) is 0 Å². The van der Waals surface area contributed by atoms with Crippen LogP contribution >= 0.6 is 0 Å². The molecule has 1 aromatic carbocycles. The number of hydrogen-bond donors (Lipinski definition) is 1. The molecule has 15 heavy (non-hydrogen) atoms. The third-order valence-electron chi connectivity index (χ3n) is 3.44. The molecule has 1 aliphatic rings. The van der Waals surface area contributed by atoms with Gasteiger partial charge < -0.3 is 5.11 Å². The quantitative estimate of drug-likeness (QED) is 0.781. The summed E-state index contributed by atoms with van der Waals surface area (Å²) in [5.74, 6) is 0. The minimum Gasteiger partial charge on any atom is -0.393 e. The Bertz CT molecular complexity index is 300. The van der Waals surface area contributed by atoms with Crippen LogP contribution in [0, 0.1) is 5.41 Å². The maximum absolute atomic E-state index is 9.89. The van der Waals surface area contributed by atoms with Gasteiger partial charge in [0.15, 0.2) is 0 Å². The summed E-state index contributed by atoms with van der Waals surface area (Å²) in [5.41, 5.74) is 1.80. The molecule has 2 rings (SSSR count). The molecule has 1 heteroatoms. The largest absolute Gasteiger partial charge is 0.393 e. The molecule has 1 aromatic rings. The van der Waals surface area contributed by atoms with Gasteiger partial charge in [0.1, 0.15) is 0 Å². The summed E-state index contributed by atoms with van der Waals surface area (Å²) in [6.07, 6.45) is 5.38. The predicted molar refractivity (Wildman–Crippen MR) is 62.7 cm³/mol. The van der Waals surface area contributed by atoms with Crippen molar-refractivity contribution in [2.24, 2.45) is 5.41 Å².